The minimum atomic E-state index is 0.565. The maximum atomic E-state index is 4.32. The number of aryl methyl sites for hydroxylation is 1. The van der Waals surface area contributed by atoms with Crippen LogP contribution in [-0.4, -0.2) is 22.1 Å². The van der Waals surface area contributed by atoms with E-state index in [0.717, 1.165) is 31.8 Å². The standard InChI is InChI=1S/C13H23N3/c1-4-10-16-11-9-15-13(16)7-5-6-8-14-12(2)3/h5,7,9,11-12,14H,4,6,8,10H2,1-3H3. The first kappa shape index (κ1) is 13.0. The van der Waals surface area contributed by atoms with Crippen LogP contribution in [0.5, 0.6) is 0 Å². The third-order valence-corrected chi connectivity index (χ3v) is 2.34. The van der Waals surface area contributed by atoms with Crippen LogP contribution in [-0.2, 0) is 6.54 Å². The van der Waals surface area contributed by atoms with Crippen molar-refractivity contribution in [3.05, 3.63) is 24.3 Å². The first-order valence-corrected chi connectivity index (χ1v) is 6.15. The van der Waals surface area contributed by atoms with Gasteiger partial charge in [-0.3, -0.25) is 0 Å². The molecular formula is C13H23N3. The van der Waals surface area contributed by atoms with Crippen LogP contribution >= 0.6 is 0 Å². The van der Waals surface area contributed by atoms with Crippen LogP contribution in [0.3, 0.4) is 0 Å². The van der Waals surface area contributed by atoms with Crippen LogP contribution in [0.4, 0.5) is 0 Å². The van der Waals surface area contributed by atoms with Crippen molar-refractivity contribution in [3.8, 4) is 0 Å². The highest BCUT2D eigenvalue weighted by molar-refractivity contribution is 5.40. The lowest BCUT2D eigenvalue weighted by Gasteiger charge is -2.05. The van der Waals surface area contributed by atoms with E-state index in [1.54, 1.807) is 0 Å². The maximum absolute atomic E-state index is 4.32. The molecule has 1 heterocycles. The number of hydrogen-bond acceptors (Lipinski definition) is 2. The Morgan fingerprint density at radius 3 is 3.00 bits per heavy atom. The lowest BCUT2D eigenvalue weighted by molar-refractivity contribution is 0.595. The number of nitrogens with zero attached hydrogens (tertiary/aromatic N) is 2. The molecule has 0 saturated heterocycles. The van der Waals surface area contributed by atoms with Gasteiger partial charge in [0.05, 0.1) is 0 Å². The zero-order chi connectivity index (χ0) is 11.8. The molecular weight excluding hydrogens is 198 g/mol. The van der Waals surface area contributed by atoms with E-state index in [1.807, 2.05) is 12.4 Å². The first-order valence-electron chi connectivity index (χ1n) is 6.15. The van der Waals surface area contributed by atoms with Gasteiger partial charge >= 0.3 is 0 Å². The molecule has 0 aromatic carbocycles. The Bertz CT molecular complexity index is 313. The number of rotatable bonds is 7. The number of nitrogens with one attached hydrogen (secondary N) is 1. The summed E-state index contributed by atoms with van der Waals surface area (Å²) < 4.78 is 2.19. The zero-order valence-electron chi connectivity index (χ0n) is 10.6. The van der Waals surface area contributed by atoms with Gasteiger partial charge in [0.1, 0.15) is 5.82 Å². The zero-order valence-corrected chi connectivity index (χ0v) is 10.6. The Hall–Kier alpha value is -1.09. The smallest absolute Gasteiger partial charge is 0.132 e. The molecule has 1 rings (SSSR count). The Morgan fingerprint density at radius 1 is 1.50 bits per heavy atom. The molecule has 0 saturated carbocycles. The monoisotopic (exact) mass is 221 g/mol. The predicted molar refractivity (Wildman–Crippen MR) is 69.3 cm³/mol. The summed E-state index contributed by atoms with van der Waals surface area (Å²) in [4.78, 5) is 4.32. The highest BCUT2D eigenvalue weighted by Crippen LogP contribution is 2.02. The molecule has 0 amide bonds. The second-order valence-corrected chi connectivity index (χ2v) is 4.28. The van der Waals surface area contributed by atoms with Crippen molar-refractivity contribution >= 4 is 6.08 Å². The highest BCUT2D eigenvalue weighted by atomic mass is 15.0. The van der Waals surface area contributed by atoms with Crippen molar-refractivity contribution in [2.45, 2.75) is 46.2 Å². The molecule has 1 N–H and O–H groups in total. The van der Waals surface area contributed by atoms with Crippen LogP contribution in [0.2, 0.25) is 0 Å². The van der Waals surface area contributed by atoms with Crippen molar-refractivity contribution in [2.75, 3.05) is 6.54 Å². The molecule has 0 unspecified atom stereocenters. The minimum Gasteiger partial charge on any atom is -0.332 e. The van der Waals surface area contributed by atoms with E-state index in [4.69, 9.17) is 0 Å². The fourth-order valence-electron chi connectivity index (χ4n) is 1.55. The third kappa shape index (κ3) is 4.62. The van der Waals surface area contributed by atoms with Crippen LogP contribution in [0.1, 0.15) is 39.4 Å². The summed E-state index contributed by atoms with van der Waals surface area (Å²) in [5.74, 6) is 1.06. The van der Waals surface area contributed by atoms with E-state index in [9.17, 15) is 0 Å². The van der Waals surface area contributed by atoms with E-state index in [0.29, 0.717) is 6.04 Å². The predicted octanol–water partition coefficient (Wildman–Crippen LogP) is 2.69. The second-order valence-electron chi connectivity index (χ2n) is 4.28. The summed E-state index contributed by atoms with van der Waals surface area (Å²) in [6.07, 6.45) is 10.4. The van der Waals surface area contributed by atoms with Gasteiger partial charge < -0.3 is 9.88 Å². The first-order chi connectivity index (χ1) is 7.74. The summed E-state index contributed by atoms with van der Waals surface area (Å²) in [5.41, 5.74) is 0. The largest absolute Gasteiger partial charge is 0.332 e. The van der Waals surface area contributed by atoms with Gasteiger partial charge in [0.15, 0.2) is 0 Å². The fourth-order valence-corrected chi connectivity index (χ4v) is 1.55. The summed E-state index contributed by atoms with van der Waals surface area (Å²) in [7, 11) is 0. The van der Waals surface area contributed by atoms with Gasteiger partial charge in [-0.2, -0.15) is 0 Å². The van der Waals surface area contributed by atoms with Gasteiger partial charge in [-0.25, -0.2) is 4.98 Å². The molecule has 0 radical (unpaired) electrons. The Kier molecular flexibility index (Phi) is 5.86. The molecule has 3 heteroatoms. The van der Waals surface area contributed by atoms with E-state index in [2.05, 4.69) is 47.8 Å². The Morgan fingerprint density at radius 2 is 2.31 bits per heavy atom. The molecule has 1 aromatic heterocycles. The minimum absolute atomic E-state index is 0.565. The van der Waals surface area contributed by atoms with Gasteiger partial charge in [0.25, 0.3) is 0 Å². The molecule has 0 aliphatic carbocycles. The van der Waals surface area contributed by atoms with Crippen molar-refractivity contribution in [1.29, 1.82) is 0 Å². The average Bonchev–Trinajstić information content (AvgIpc) is 2.65. The number of aromatic nitrogens is 2. The normalized spacial score (nSPS) is 11.8. The molecule has 0 aliphatic rings. The quantitative estimate of drug-likeness (QED) is 0.717. The second kappa shape index (κ2) is 7.23. The van der Waals surface area contributed by atoms with Gasteiger partial charge in [-0.15, -0.1) is 0 Å². The van der Waals surface area contributed by atoms with Crippen LogP contribution in [0.15, 0.2) is 18.5 Å². The summed E-state index contributed by atoms with van der Waals surface area (Å²) in [6.45, 7) is 8.59. The molecule has 1 aromatic rings. The van der Waals surface area contributed by atoms with Crippen LogP contribution in [0, 0.1) is 0 Å². The topological polar surface area (TPSA) is 29.9 Å². The van der Waals surface area contributed by atoms with Crippen molar-refractivity contribution in [1.82, 2.24) is 14.9 Å². The summed E-state index contributed by atoms with van der Waals surface area (Å²) in [5, 5.41) is 3.39. The van der Waals surface area contributed by atoms with E-state index < -0.39 is 0 Å². The third-order valence-electron chi connectivity index (χ3n) is 2.34. The van der Waals surface area contributed by atoms with E-state index in [1.165, 1.54) is 0 Å². The van der Waals surface area contributed by atoms with Crippen molar-refractivity contribution in [2.24, 2.45) is 0 Å². The maximum Gasteiger partial charge on any atom is 0.132 e. The molecule has 0 fully saturated rings. The lowest BCUT2D eigenvalue weighted by atomic mass is 10.3. The molecule has 0 spiro atoms. The van der Waals surface area contributed by atoms with Crippen LogP contribution in [0.25, 0.3) is 6.08 Å². The van der Waals surface area contributed by atoms with Crippen molar-refractivity contribution in [3.63, 3.8) is 0 Å². The van der Waals surface area contributed by atoms with Gasteiger partial charge in [-0.05, 0) is 25.5 Å². The van der Waals surface area contributed by atoms with E-state index >= 15 is 0 Å². The molecule has 90 valence electrons. The SMILES string of the molecule is CCCn1ccnc1C=CCCNC(C)C. The Balaban J connectivity index is 2.34. The molecule has 0 aliphatic heterocycles. The van der Waals surface area contributed by atoms with Gasteiger partial charge in [-0.1, -0.05) is 26.8 Å². The lowest BCUT2D eigenvalue weighted by Crippen LogP contribution is -2.23. The molecule has 16 heavy (non-hydrogen) atoms. The fraction of sp³-hybridized carbons (Fsp3) is 0.615. The molecule has 3 nitrogen and oxygen atoms in total. The van der Waals surface area contributed by atoms with Gasteiger partial charge in [0.2, 0.25) is 0 Å². The molecule has 0 bridgehead atoms. The number of imidazole rings is 1. The summed E-state index contributed by atoms with van der Waals surface area (Å²) in [6, 6.07) is 0.565. The summed E-state index contributed by atoms with van der Waals surface area (Å²) >= 11 is 0. The average molecular weight is 221 g/mol. The molecule has 0 atom stereocenters. The highest BCUT2D eigenvalue weighted by Gasteiger charge is 1.96. The van der Waals surface area contributed by atoms with E-state index in [-0.39, 0.29) is 0 Å². The van der Waals surface area contributed by atoms with Gasteiger partial charge in [0, 0.05) is 25.0 Å². The van der Waals surface area contributed by atoms with Crippen LogP contribution < -0.4 is 5.32 Å². The Labute approximate surface area is 98.6 Å². The van der Waals surface area contributed by atoms with Crippen molar-refractivity contribution < 1.29 is 0 Å². The number of hydrogen-bond donors (Lipinski definition) is 1.